The Balaban J connectivity index is 2.18. The molecule has 23 heavy (non-hydrogen) atoms. The zero-order valence-corrected chi connectivity index (χ0v) is 12.1. The number of allylic oxidation sites excluding steroid dienone is 1. The van der Waals surface area contributed by atoms with E-state index in [4.69, 9.17) is 5.11 Å². The lowest BCUT2D eigenvalue weighted by Crippen LogP contribution is -2.16. The smallest absolute Gasteiger partial charge is 0.478 e. The monoisotopic (exact) mass is 322 g/mol. The molecule has 0 bridgehead atoms. The predicted molar refractivity (Wildman–Crippen MR) is 79.8 cm³/mol. The highest BCUT2D eigenvalue weighted by Crippen LogP contribution is 2.27. The van der Waals surface area contributed by atoms with E-state index < -0.39 is 12.3 Å². The van der Waals surface area contributed by atoms with Crippen molar-refractivity contribution in [2.24, 2.45) is 0 Å². The van der Waals surface area contributed by atoms with Crippen molar-refractivity contribution in [3.8, 4) is 16.9 Å². The zero-order chi connectivity index (χ0) is 17.0. The number of benzene rings is 2. The van der Waals surface area contributed by atoms with E-state index in [1.807, 2.05) is 0 Å². The van der Waals surface area contributed by atoms with Crippen LogP contribution in [0.1, 0.15) is 12.5 Å². The summed E-state index contributed by atoms with van der Waals surface area (Å²) >= 11 is 0. The average Bonchev–Trinajstić information content (AvgIpc) is 2.46. The van der Waals surface area contributed by atoms with E-state index in [1.54, 1.807) is 31.2 Å². The van der Waals surface area contributed by atoms with Gasteiger partial charge in [0, 0.05) is 6.08 Å². The van der Waals surface area contributed by atoms with Gasteiger partial charge in [-0.2, -0.15) is 0 Å². The molecule has 6 heteroatoms. The molecule has 0 heterocycles. The van der Waals surface area contributed by atoms with E-state index in [9.17, 15) is 18.0 Å². The Labute approximate surface area is 130 Å². The second-order valence-electron chi connectivity index (χ2n) is 4.82. The fourth-order valence-electron chi connectivity index (χ4n) is 2.04. The molecule has 2 aromatic rings. The summed E-state index contributed by atoms with van der Waals surface area (Å²) in [5.41, 5.74) is 2.90. The molecule has 0 aliphatic rings. The van der Waals surface area contributed by atoms with E-state index in [0.717, 1.165) is 22.8 Å². The molecule has 0 saturated carbocycles. The van der Waals surface area contributed by atoms with Gasteiger partial charge in [-0.3, -0.25) is 0 Å². The number of hydrogen-bond donors (Lipinski definition) is 1. The number of rotatable bonds is 4. The molecule has 0 fully saturated rings. The Morgan fingerprint density at radius 1 is 1.00 bits per heavy atom. The predicted octanol–water partition coefficient (Wildman–Crippen LogP) is 4.74. The maximum absolute atomic E-state index is 12.1. The highest BCUT2D eigenvalue weighted by Gasteiger charge is 2.30. The summed E-state index contributed by atoms with van der Waals surface area (Å²) in [6.45, 7) is 1.69. The van der Waals surface area contributed by atoms with Crippen LogP contribution in [0.3, 0.4) is 0 Å². The minimum absolute atomic E-state index is 0.280. The normalized spacial score (nSPS) is 12.1. The van der Waals surface area contributed by atoms with Crippen LogP contribution in [0.25, 0.3) is 16.7 Å². The lowest BCUT2D eigenvalue weighted by molar-refractivity contribution is -0.274. The summed E-state index contributed by atoms with van der Waals surface area (Å²) in [7, 11) is 0. The van der Waals surface area contributed by atoms with Gasteiger partial charge in [0.15, 0.2) is 0 Å². The maximum Gasteiger partial charge on any atom is 0.573 e. The van der Waals surface area contributed by atoms with Crippen LogP contribution in [-0.4, -0.2) is 17.4 Å². The molecule has 0 aliphatic heterocycles. The highest BCUT2D eigenvalue weighted by molar-refractivity contribution is 5.89. The number of carboxylic acids is 1. The molecule has 2 rings (SSSR count). The second-order valence-corrected chi connectivity index (χ2v) is 4.82. The molecule has 0 saturated heterocycles. The largest absolute Gasteiger partial charge is 0.573 e. The third kappa shape index (κ3) is 4.88. The van der Waals surface area contributed by atoms with Gasteiger partial charge >= 0.3 is 12.3 Å². The van der Waals surface area contributed by atoms with Gasteiger partial charge in [0.05, 0.1) is 0 Å². The van der Waals surface area contributed by atoms with Crippen molar-refractivity contribution < 1.29 is 27.8 Å². The van der Waals surface area contributed by atoms with Gasteiger partial charge < -0.3 is 9.84 Å². The van der Waals surface area contributed by atoms with E-state index in [-0.39, 0.29) is 5.75 Å². The molecule has 0 spiro atoms. The molecule has 1 N–H and O–H groups in total. The molecule has 120 valence electrons. The van der Waals surface area contributed by atoms with Gasteiger partial charge in [-0.05, 0) is 41.3 Å². The molecule has 0 unspecified atom stereocenters. The average molecular weight is 322 g/mol. The van der Waals surface area contributed by atoms with Gasteiger partial charge in [-0.15, -0.1) is 13.2 Å². The lowest BCUT2D eigenvalue weighted by Gasteiger charge is -2.09. The number of halogens is 3. The highest BCUT2D eigenvalue weighted by atomic mass is 19.4. The molecule has 0 aromatic heterocycles. The van der Waals surface area contributed by atoms with Crippen molar-refractivity contribution in [1.29, 1.82) is 0 Å². The summed E-state index contributed by atoms with van der Waals surface area (Å²) in [6.07, 6.45) is -3.60. The van der Waals surface area contributed by atoms with Crippen molar-refractivity contribution in [2.75, 3.05) is 0 Å². The van der Waals surface area contributed by atoms with Crippen molar-refractivity contribution >= 4 is 11.5 Å². The summed E-state index contributed by atoms with van der Waals surface area (Å²) < 4.78 is 40.1. The van der Waals surface area contributed by atoms with Gasteiger partial charge in [-0.25, -0.2) is 4.79 Å². The third-order valence-corrected chi connectivity index (χ3v) is 3.10. The van der Waals surface area contributed by atoms with Gasteiger partial charge in [0.2, 0.25) is 0 Å². The second kappa shape index (κ2) is 6.56. The van der Waals surface area contributed by atoms with Crippen LogP contribution < -0.4 is 4.74 Å². The first-order valence-corrected chi connectivity index (χ1v) is 6.62. The number of alkyl halides is 3. The Bertz CT molecular complexity index is 714. The molecular formula is C17H13F3O3. The molecule has 2 aromatic carbocycles. The van der Waals surface area contributed by atoms with Crippen LogP contribution in [0.2, 0.25) is 0 Å². The summed E-state index contributed by atoms with van der Waals surface area (Å²) in [6, 6.07) is 12.6. The molecule has 0 aliphatic carbocycles. The topological polar surface area (TPSA) is 46.5 Å². The molecule has 0 atom stereocenters. The molecule has 0 radical (unpaired) electrons. The van der Waals surface area contributed by atoms with Crippen LogP contribution in [0.15, 0.2) is 54.6 Å². The van der Waals surface area contributed by atoms with Crippen LogP contribution in [0.5, 0.6) is 5.75 Å². The summed E-state index contributed by atoms with van der Waals surface area (Å²) in [5, 5.41) is 8.72. The first kappa shape index (κ1) is 16.6. The Kier molecular flexibility index (Phi) is 4.74. The number of ether oxygens (including phenoxy) is 1. The van der Waals surface area contributed by atoms with Crippen molar-refractivity contribution in [2.45, 2.75) is 13.3 Å². The van der Waals surface area contributed by atoms with Gasteiger partial charge in [0.25, 0.3) is 0 Å². The minimum atomic E-state index is -4.71. The van der Waals surface area contributed by atoms with Crippen LogP contribution in [0.4, 0.5) is 13.2 Å². The van der Waals surface area contributed by atoms with E-state index in [2.05, 4.69) is 4.74 Å². The molecule has 3 nitrogen and oxygen atoms in total. The van der Waals surface area contributed by atoms with Gasteiger partial charge in [0.1, 0.15) is 5.75 Å². The van der Waals surface area contributed by atoms with Crippen molar-refractivity contribution in [3.05, 3.63) is 60.2 Å². The first-order chi connectivity index (χ1) is 10.7. The molecular weight excluding hydrogens is 309 g/mol. The van der Waals surface area contributed by atoms with E-state index >= 15 is 0 Å². The third-order valence-electron chi connectivity index (χ3n) is 3.10. The fraction of sp³-hybridized carbons (Fsp3) is 0.118. The lowest BCUT2D eigenvalue weighted by atomic mass is 10.0. The van der Waals surface area contributed by atoms with Crippen molar-refractivity contribution in [1.82, 2.24) is 0 Å². The number of hydrogen-bond acceptors (Lipinski definition) is 2. The number of carboxylic acid groups (broad SMARTS) is 1. The number of aliphatic carboxylic acids is 1. The SMILES string of the molecule is C/C(=C\C(=O)O)c1ccc(-c2ccc(OC(F)(F)F)cc2)cc1. The van der Waals surface area contributed by atoms with E-state index in [0.29, 0.717) is 5.57 Å². The zero-order valence-electron chi connectivity index (χ0n) is 12.1. The van der Waals surface area contributed by atoms with Gasteiger partial charge in [-0.1, -0.05) is 36.4 Å². The Morgan fingerprint density at radius 2 is 1.48 bits per heavy atom. The standard InChI is InChI=1S/C17H13F3O3/c1-11(10-16(21)22)12-2-4-13(5-3-12)14-6-8-15(9-7-14)23-17(18,19)20/h2-10H,1H3,(H,21,22)/b11-10+. The quantitative estimate of drug-likeness (QED) is 0.827. The molecule has 0 amide bonds. The van der Waals surface area contributed by atoms with Crippen LogP contribution in [-0.2, 0) is 4.79 Å². The maximum atomic E-state index is 12.1. The van der Waals surface area contributed by atoms with Crippen LogP contribution in [0, 0.1) is 0 Å². The minimum Gasteiger partial charge on any atom is -0.478 e. The summed E-state index contributed by atoms with van der Waals surface area (Å²) in [4.78, 5) is 10.6. The van der Waals surface area contributed by atoms with E-state index in [1.165, 1.54) is 24.3 Å². The Morgan fingerprint density at radius 3 is 1.91 bits per heavy atom. The fourth-order valence-corrected chi connectivity index (χ4v) is 2.04. The van der Waals surface area contributed by atoms with Crippen LogP contribution >= 0.6 is 0 Å². The summed E-state index contributed by atoms with van der Waals surface area (Å²) in [5.74, 6) is -1.30. The van der Waals surface area contributed by atoms with Crippen molar-refractivity contribution in [3.63, 3.8) is 0 Å². The number of carbonyl (C=O) groups is 1. The Hall–Kier alpha value is -2.76. The first-order valence-electron chi connectivity index (χ1n) is 6.62.